The third-order valence-corrected chi connectivity index (χ3v) is 4.06. The van der Waals surface area contributed by atoms with E-state index in [1.54, 1.807) is 9.80 Å². The smallest absolute Gasteiger partial charge is 0.378 e. The molecule has 1 atom stereocenters. The first-order chi connectivity index (χ1) is 11.4. The number of nitrogens with zero attached hydrogens (tertiary/aromatic N) is 3. The minimum Gasteiger partial charge on any atom is -0.378 e. The Hall–Kier alpha value is -1.87. The predicted molar refractivity (Wildman–Crippen MR) is 78.6 cm³/mol. The molecular weight excluding hydrogens is 327 g/mol. The van der Waals surface area contributed by atoms with E-state index in [9.17, 15) is 18.0 Å². The third-order valence-electron chi connectivity index (χ3n) is 4.06. The van der Waals surface area contributed by atoms with Gasteiger partial charge in [-0.3, -0.25) is 4.79 Å². The highest BCUT2D eigenvalue weighted by Gasteiger charge is 2.33. The molecule has 0 N–H and O–H groups in total. The van der Waals surface area contributed by atoms with Crippen molar-refractivity contribution < 1.29 is 27.4 Å². The molecule has 3 heterocycles. The maximum absolute atomic E-state index is 12.6. The summed E-state index contributed by atoms with van der Waals surface area (Å²) in [5.74, 6) is 0.293. The molecule has 2 aliphatic heterocycles. The average Bonchev–Trinajstić information content (AvgIpc) is 2.61. The summed E-state index contributed by atoms with van der Waals surface area (Å²) in [4.78, 5) is 19.8. The second kappa shape index (κ2) is 6.94. The summed E-state index contributed by atoms with van der Waals surface area (Å²) in [5.41, 5.74) is -0.791. The molecule has 0 aromatic carbocycles. The quantitative estimate of drug-likeness (QED) is 0.805. The number of aromatic nitrogens is 1. The Kier molecular flexibility index (Phi) is 4.91. The van der Waals surface area contributed by atoms with Gasteiger partial charge in [-0.25, -0.2) is 4.98 Å². The largest absolute Gasteiger partial charge is 0.417 e. The number of amides is 1. The summed E-state index contributed by atoms with van der Waals surface area (Å²) in [6, 6.07) is 2.32. The number of morpholine rings is 2. The van der Waals surface area contributed by atoms with Crippen LogP contribution in [0.5, 0.6) is 0 Å². The van der Waals surface area contributed by atoms with Gasteiger partial charge >= 0.3 is 6.18 Å². The van der Waals surface area contributed by atoms with Gasteiger partial charge < -0.3 is 19.3 Å². The molecule has 1 aromatic heterocycles. The Balaban J connectivity index is 1.65. The normalized spacial score (nSPS) is 22.5. The fourth-order valence-corrected chi connectivity index (χ4v) is 2.73. The molecule has 2 aliphatic rings. The molecule has 0 spiro atoms. The van der Waals surface area contributed by atoms with Gasteiger partial charge in [-0.05, 0) is 12.1 Å². The van der Waals surface area contributed by atoms with Crippen molar-refractivity contribution in [3.8, 4) is 0 Å². The number of pyridine rings is 1. The lowest BCUT2D eigenvalue weighted by Gasteiger charge is -2.36. The van der Waals surface area contributed by atoms with Gasteiger partial charge in [-0.1, -0.05) is 0 Å². The topological polar surface area (TPSA) is 54.9 Å². The number of carbonyl (C=O) groups excluding carboxylic acids is 1. The summed E-state index contributed by atoms with van der Waals surface area (Å²) in [7, 11) is 0. The first-order valence-electron chi connectivity index (χ1n) is 7.71. The van der Waals surface area contributed by atoms with Crippen molar-refractivity contribution in [2.24, 2.45) is 0 Å². The molecule has 0 aliphatic carbocycles. The molecule has 1 unspecified atom stereocenters. The van der Waals surface area contributed by atoms with E-state index in [-0.39, 0.29) is 12.5 Å². The van der Waals surface area contributed by atoms with Crippen molar-refractivity contribution >= 4 is 11.7 Å². The molecule has 1 aromatic rings. The second-order valence-corrected chi connectivity index (χ2v) is 5.65. The number of rotatable bonds is 2. The zero-order valence-electron chi connectivity index (χ0n) is 13.0. The van der Waals surface area contributed by atoms with Crippen LogP contribution in [0.4, 0.5) is 19.0 Å². The maximum atomic E-state index is 12.6. The van der Waals surface area contributed by atoms with Crippen LogP contribution in [0.15, 0.2) is 18.3 Å². The van der Waals surface area contributed by atoms with Crippen molar-refractivity contribution in [3.63, 3.8) is 0 Å². The van der Waals surface area contributed by atoms with E-state index in [0.717, 1.165) is 12.3 Å². The maximum Gasteiger partial charge on any atom is 0.417 e. The second-order valence-electron chi connectivity index (χ2n) is 5.65. The highest BCUT2D eigenvalue weighted by Crippen LogP contribution is 2.29. The molecule has 132 valence electrons. The van der Waals surface area contributed by atoms with Gasteiger partial charge in [0, 0.05) is 25.8 Å². The fraction of sp³-hybridized carbons (Fsp3) is 0.600. The van der Waals surface area contributed by atoms with Crippen LogP contribution in [-0.4, -0.2) is 67.9 Å². The summed E-state index contributed by atoms with van der Waals surface area (Å²) >= 11 is 0. The molecule has 3 rings (SSSR count). The Bertz CT molecular complexity index is 574. The van der Waals surface area contributed by atoms with Crippen LogP contribution in [0.25, 0.3) is 0 Å². The predicted octanol–water partition coefficient (Wildman–Crippen LogP) is 1.16. The Morgan fingerprint density at radius 3 is 2.54 bits per heavy atom. The number of carbonyl (C=O) groups is 1. The van der Waals surface area contributed by atoms with E-state index >= 15 is 0 Å². The van der Waals surface area contributed by atoms with Crippen molar-refractivity contribution in [2.75, 3.05) is 50.9 Å². The van der Waals surface area contributed by atoms with Gasteiger partial charge in [0.2, 0.25) is 0 Å². The van der Waals surface area contributed by atoms with Gasteiger partial charge in [-0.15, -0.1) is 0 Å². The van der Waals surface area contributed by atoms with Crippen LogP contribution in [0.3, 0.4) is 0 Å². The summed E-state index contributed by atoms with van der Waals surface area (Å²) in [6.07, 6.45) is -4.24. The first kappa shape index (κ1) is 17.0. The molecule has 0 saturated carbocycles. The zero-order chi connectivity index (χ0) is 17.2. The van der Waals surface area contributed by atoms with E-state index in [0.29, 0.717) is 45.3 Å². The lowest BCUT2D eigenvalue weighted by atomic mass is 10.2. The summed E-state index contributed by atoms with van der Waals surface area (Å²) < 4.78 is 48.6. The lowest BCUT2D eigenvalue weighted by molar-refractivity contribution is -0.148. The molecular formula is C15H18F3N3O3. The minimum atomic E-state index is -4.41. The van der Waals surface area contributed by atoms with Gasteiger partial charge in [0.15, 0.2) is 6.10 Å². The van der Waals surface area contributed by atoms with E-state index < -0.39 is 17.8 Å². The van der Waals surface area contributed by atoms with Gasteiger partial charge in [0.1, 0.15) is 5.82 Å². The third kappa shape index (κ3) is 3.78. The van der Waals surface area contributed by atoms with Gasteiger partial charge in [0.25, 0.3) is 5.91 Å². The molecule has 9 heteroatoms. The summed E-state index contributed by atoms with van der Waals surface area (Å²) in [6.45, 7) is 3.13. The highest BCUT2D eigenvalue weighted by molar-refractivity contribution is 5.82. The van der Waals surface area contributed by atoms with Gasteiger partial charge in [0.05, 0.1) is 31.9 Å². The Morgan fingerprint density at radius 1 is 1.17 bits per heavy atom. The average molecular weight is 345 g/mol. The summed E-state index contributed by atoms with van der Waals surface area (Å²) in [5, 5.41) is 0. The monoisotopic (exact) mass is 345 g/mol. The minimum absolute atomic E-state index is 0.116. The van der Waals surface area contributed by atoms with E-state index in [4.69, 9.17) is 9.47 Å². The molecule has 6 nitrogen and oxygen atoms in total. The Labute approximate surface area is 137 Å². The van der Waals surface area contributed by atoms with Crippen LogP contribution in [0, 0.1) is 0 Å². The lowest BCUT2D eigenvalue weighted by Crippen LogP contribution is -2.53. The fourth-order valence-electron chi connectivity index (χ4n) is 2.73. The molecule has 0 radical (unpaired) electrons. The van der Waals surface area contributed by atoms with Crippen LogP contribution in [-0.2, 0) is 20.4 Å². The zero-order valence-corrected chi connectivity index (χ0v) is 13.0. The van der Waals surface area contributed by atoms with Crippen LogP contribution >= 0.6 is 0 Å². The van der Waals surface area contributed by atoms with Crippen molar-refractivity contribution in [2.45, 2.75) is 12.3 Å². The molecule has 2 fully saturated rings. The van der Waals surface area contributed by atoms with Crippen molar-refractivity contribution in [1.82, 2.24) is 9.88 Å². The van der Waals surface area contributed by atoms with Crippen molar-refractivity contribution in [3.05, 3.63) is 23.9 Å². The van der Waals surface area contributed by atoms with Crippen LogP contribution in [0.1, 0.15) is 5.56 Å². The SMILES string of the molecule is O=C(C1CN(c2ccc(C(F)(F)F)cn2)CCO1)N1CCOCC1. The molecule has 0 bridgehead atoms. The van der Waals surface area contributed by atoms with Gasteiger partial charge in [-0.2, -0.15) is 13.2 Å². The standard InChI is InChI=1S/C15H18F3N3O3/c16-15(17,18)11-1-2-13(19-9-11)21-5-8-24-12(10-21)14(22)20-3-6-23-7-4-20/h1-2,9,12H,3-8,10H2. The Morgan fingerprint density at radius 2 is 1.92 bits per heavy atom. The number of anilines is 1. The number of halogens is 3. The molecule has 2 saturated heterocycles. The highest BCUT2D eigenvalue weighted by atomic mass is 19.4. The molecule has 24 heavy (non-hydrogen) atoms. The van der Waals surface area contributed by atoms with Crippen LogP contribution in [0.2, 0.25) is 0 Å². The van der Waals surface area contributed by atoms with E-state index in [1.807, 2.05) is 0 Å². The first-order valence-corrected chi connectivity index (χ1v) is 7.71. The number of alkyl halides is 3. The van der Waals surface area contributed by atoms with Crippen molar-refractivity contribution in [1.29, 1.82) is 0 Å². The number of hydrogen-bond acceptors (Lipinski definition) is 5. The number of ether oxygens (including phenoxy) is 2. The van der Waals surface area contributed by atoms with E-state index in [1.165, 1.54) is 6.07 Å². The van der Waals surface area contributed by atoms with E-state index in [2.05, 4.69) is 4.98 Å². The number of hydrogen-bond donors (Lipinski definition) is 0. The molecule has 1 amide bonds. The van der Waals surface area contributed by atoms with Crippen LogP contribution < -0.4 is 4.90 Å².